The monoisotopic (exact) mass is 235 g/mol. The Kier molecular flexibility index (Phi) is 3.33. The first-order chi connectivity index (χ1) is 8.09. The number of nitrogens with zero attached hydrogens (tertiary/aromatic N) is 1. The maximum Gasteiger partial charge on any atom is 0.219 e. The lowest BCUT2D eigenvalue weighted by Crippen LogP contribution is -2.40. The Bertz CT molecular complexity index is 393. The minimum absolute atomic E-state index is 0.000589. The first-order valence-corrected chi connectivity index (χ1v) is 5.75. The van der Waals surface area contributed by atoms with Gasteiger partial charge in [-0.2, -0.15) is 0 Å². The number of para-hydroxylation sites is 1. The minimum Gasteiger partial charge on any atom is -0.491 e. The molecule has 0 aliphatic carbocycles. The molecular weight excluding hydrogens is 218 g/mol. The lowest BCUT2D eigenvalue weighted by atomic mass is 10.1. The highest BCUT2D eigenvalue weighted by molar-refractivity contribution is 5.73. The molecule has 1 aromatic carbocycles. The number of ether oxygens (including phenoxy) is 1. The van der Waals surface area contributed by atoms with Gasteiger partial charge in [0.2, 0.25) is 5.91 Å². The van der Waals surface area contributed by atoms with Gasteiger partial charge in [-0.3, -0.25) is 4.79 Å². The Morgan fingerprint density at radius 1 is 1.47 bits per heavy atom. The van der Waals surface area contributed by atoms with Crippen LogP contribution in [0.25, 0.3) is 0 Å². The summed E-state index contributed by atoms with van der Waals surface area (Å²) in [5.41, 5.74) is -0.915. The van der Waals surface area contributed by atoms with Crippen molar-refractivity contribution in [2.45, 2.75) is 18.9 Å². The number of carbonyl (C=O) groups excluding carboxylic acids is 1. The fourth-order valence-electron chi connectivity index (χ4n) is 1.98. The molecule has 2 rings (SSSR count). The van der Waals surface area contributed by atoms with E-state index < -0.39 is 5.60 Å². The third-order valence-electron chi connectivity index (χ3n) is 3.03. The van der Waals surface area contributed by atoms with Gasteiger partial charge in [0.15, 0.2) is 0 Å². The zero-order valence-electron chi connectivity index (χ0n) is 9.93. The van der Waals surface area contributed by atoms with E-state index in [4.69, 9.17) is 4.74 Å². The second kappa shape index (κ2) is 4.75. The third kappa shape index (κ3) is 2.97. The molecule has 1 aromatic rings. The third-order valence-corrected chi connectivity index (χ3v) is 3.03. The van der Waals surface area contributed by atoms with Crippen molar-refractivity contribution in [2.75, 3.05) is 19.7 Å². The quantitative estimate of drug-likeness (QED) is 0.852. The first kappa shape index (κ1) is 11.9. The van der Waals surface area contributed by atoms with Crippen molar-refractivity contribution in [3.8, 4) is 5.75 Å². The fraction of sp³-hybridized carbons (Fsp3) is 0.462. The first-order valence-electron chi connectivity index (χ1n) is 5.75. The molecule has 1 atom stereocenters. The molecule has 1 aliphatic rings. The summed E-state index contributed by atoms with van der Waals surface area (Å²) in [5, 5.41) is 10.3. The average Bonchev–Trinajstić information content (AvgIpc) is 2.72. The minimum atomic E-state index is -0.915. The fourth-order valence-corrected chi connectivity index (χ4v) is 1.98. The Morgan fingerprint density at radius 3 is 2.76 bits per heavy atom. The molecule has 17 heavy (non-hydrogen) atoms. The highest BCUT2D eigenvalue weighted by Crippen LogP contribution is 2.22. The summed E-state index contributed by atoms with van der Waals surface area (Å²) in [6.07, 6.45) is 0.569. The number of hydrogen-bond acceptors (Lipinski definition) is 3. The van der Waals surface area contributed by atoms with Crippen LogP contribution < -0.4 is 4.74 Å². The van der Waals surface area contributed by atoms with E-state index in [0.29, 0.717) is 19.5 Å². The number of β-amino-alcohol motifs (C(OH)–C–C–N with tert-alkyl or cyclic N) is 1. The second-order valence-electron chi connectivity index (χ2n) is 4.52. The van der Waals surface area contributed by atoms with Crippen LogP contribution in [0, 0.1) is 0 Å². The molecule has 1 N–H and O–H groups in total. The molecule has 1 aliphatic heterocycles. The van der Waals surface area contributed by atoms with Crippen molar-refractivity contribution in [3.05, 3.63) is 30.3 Å². The molecule has 1 amide bonds. The van der Waals surface area contributed by atoms with Gasteiger partial charge >= 0.3 is 0 Å². The zero-order chi connectivity index (χ0) is 12.3. The number of amides is 1. The van der Waals surface area contributed by atoms with E-state index in [9.17, 15) is 9.90 Å². The molecule has 0 bridgehead atoms. The largest absolute Gasteiger partial charge is 0.491 e. The van der Waals surface area contributed by atoms with Gasteiger partial charge in [-0.25, -0.2) is 0 Å². The number of carbonyl (C=O) groups is 1. The summed E-state index contributed by atoms with van der Waals surface area (Å²) in [7, 11) is 0. The zero-order valence-corrected chi connectivity index (χ0v) is 9.93. The lowest BCUT2D eigenvalue weighted by molar-refractivity contribution is -0.129. The molecule has 4 nitrogen and oxygen atoms in total. The Labute approximate surface area is 101 Å². The van der Waals surface area contributed by atoms with Crippen LogP contribution in [-0.2, 0) is 4.79 Å². The molecule has 1 heterocycles. The molecule has 1 fully saturated rings. The topological polar surface area (TPSA) is 49.8 Å². The van der Waals surface area contributed by atoms with E-state index in [1.807, 2.05) is 30.3 Å². The van der Waals surface area contributed by atoms with Gasteiger partial charge in [0.05, 0.1) is 6.54 Å². The molecule has 92 valence electrons. The van der Waals surface area contributed by atoms with Crippen LogP contribution >= 0.6 is 0 Å². The van der Waals surface area contributed by atoms with E-state index in [0.717, 1.165) is 5.75 Å². The molecule has 4 heteroatoms. The van der Waals surface area contributed by atoms with Gasteiger partial charge in [-0.1, -0.05) is 18.2 Å². The normalized spacial score (nSPS) is 23.8. The molecule has 1 saturated heterocycles. The number of rotatable bonds is 3. The van der Waals surface area contributed by atoms with Crippen molar-refractivity contribution in [1.29, 1.82) is 0 Å². The maximum atomic E-state index is 11.2. The number of likely N-dealkylation sites (tertiary alicyclic amines) is 1. The van der Waals surface area contributed by atoms with Crippen molar-refractivity contribution in [3.63, 3.8) is 0 Å². The van der Waals surface area contributed by atoms with Gasteiger partial charge in [0.1, 0.15) is 18.0 Å². The lowest BCUT2D eigenvalue weighted by Gasteiger charge is -2.23. The van der Waals surface area contributed by atoms with Crippen LogP contribution in [0.3, 0.4) is 0 Å². The molecule has 0 aromatic heterocycles. The van der Waals surface area contributed by atoms with E-state index in [-0.39, 0.29) is 12.5 Å². The molecule has 0 radical (unpaired) electrons. The van der Waals surface area contributed by atoms with Crippen molar-refractivity contribution in [2.24, 2.45) is 0 Å². The highest BCUT2D eigenvalue weighted by Gasteiger charge is 2.37. The number of benzene rings is 1. The van der Waals surface area contributed by atoms with Crippen LogP contribution in [0.4, 0.5) is 0 Å². The number of hydrogen-bond donors (Lipinski definition) is 1. The van der Waals surface area contributed by atoms with Gasteiger partial charge in [0.25, 0.3) is 0 Å². The summed E-state index contributed by atoms with van der Waals surface area (Å²) in [4.78, 5) is 12.8. The summed E-state index contributed by atoms with van der Waals surface area (Å²) in [6.45, 7) is 2.70. The Morgan fingerprint density at radius 2 is 2.18 bits per heavy atom. The van der Waals surface area contributed by atoms with E-state index >= 15 is 0 Å². The van der Waals surface area contributed by atoms with Crippen LogP contribution in [0.1, 0.15) is 13.3 Å². The smallest absolute Gasteiger partial charge is 0.219 e. The maximum absolute atomic E-state index is 11.2. The SMILES string of the molecule is CC(=O)N1CC[C@](O)(COc2ccccc2)C1. The molecular formula is C13H17NO3. The van der Waals surface area contributed by atoms with Crippen LogP contribution in [-0.4, -0.2) is 41.2 Å². The standard InChI is InChI=1S/C13H17NO3/c1-11(15)14-8-7-13(16,9-14)10-17-12-5-3-2-4-6-12/h2-6,16H,7-10H2,1H3/t13-/m1/s1. The van der Waals surface area contributed by atoms with Gasteiger partial charge in [0, 0.05) is 13.5 Å². The molecule has 0 spiro atoms. The van der Waals surface area contributed by atoms with Crippen molar-refractivity contribution < 1.29 is 14.6 Å². The predicted molar refractivity (Wildman–Crippen MR) is 63.8 cm³/mol. The van der Waals surface area contributed by atoms with E-state index in [1.54, 1.807) is 4.90 Å². The second-order valence-corrected chi connectivity index (χ2v) is 4.52. The van der Waals surface area contributed by atoms with Gasteiger partial charge < -0.3 is 14.7 Å². The summed E-state index contributed by atoms with van der Waals surface area (Å²) >= 11 is 0. The number of aliphatic hydroxyl groups is 1. The van der Waals surface area contributed by atoms with Crippen molar-refractivity contribution in [1.82, 2.24) is 4.90 Å². The Hall–Kier alpha value is -1.55. The average molecular weight is 235 g/mol. The molecule has 0 unspecified atom stereocenters. The van der Waals surface area contributed by atoms with Gasteiger partial charge in [-0.05, 0) is 18.6 Å². The van der Waals surface area contributed by atoms with Crippen LogP contribution in [0.5, 0.6) is 5.75 Å². The van der Waals surface area contributed by atoms with Crippen LogP contribution in [0.2, 0.25) is 0 Å². The Balaban J connectivity index is 1.89. The van der Waals surface area contributed by atoms with Crippen LogP contribution in [0.15, 0.2) is 30.3 Å². The summed E-state index contributed by atoms with van der Waals surface area (Å²) in [6, 6.07) is 9.38. The summed E-state index contributed by atoms with van der Waals surface area (Å²) in [5.74, 6) is 0.739. The molecule has 0 saturated carbocycles. The van der Waals surface area contributed by atoms with E-state index in [2.05, 4.69) is 0 Å². The van der Waals surface area contributed by atoms with E-state index in [1.165, 1.54) is 6.92 Å². The predicted octanol–water partition coefficient (Wildman–Crippen LogP) is 1.05. The van der Waals surface area contributed by atoms with Crippen molar-refractivity contribution >= 4 is 5.91 Å². The summed E-state index contributed by atoms with van der Waals surface area (Å²) < 4.78 is 5.53. The van der Waals surface area contributed by atoms with Gasteiger partial charge in [-0.15, -0.1) is 0 Å². The highest BCUT2D eigenvalue weighted by atomic mass is 16.5.